The minimum absolute atomic E-state index is 0.512. The fraction of sp³-hybridized carbons (Fsp3) is 0.542. The van der Waals surface area contributed by atoms with Crippen LogP contribution in [0.2, 0.25) is 0 Å². The Morgan fingerprint density at radius 1 is 1.10 bits per heavy atom. The summed E-state index contributed by atoms with van der Waals surface area (Å²) in [5.74, 6) is 0.979. The molecule has 2 aliphatic heterocycles. The summed E-state index contributed by atoms with van der Waals surface area (Å²) < 4.78 is 0. The van der Waals surface area contributed by atoms with Crippen LogP contribution in [0.4, 0.5) is 0 Å². The molecule has 162 valence electrons. The highest BCUT2D eigenvalue weighted by atomic mass is 32.1. The molecule has 0 bridgehead atoms. The van der Waals surface area contributed by atoms with Gasteiger partial charge in [0.2, 0.25) is 0 Å². The molecule has 1 fully saturated rings. The van der Waals surface area contributed by atoms with Crippen molar-refractivity contribution in [2.75, 3.05) is 39.3 Å². The van der Waals surface area contributed by atoms with E-state index >= 15 is 0 Å². The Hall–Kier alpha value is -1.89. The van der Waals surface area contributed by atoms with E-state index in [0.29, 0.717) is 6.04 Å². The van der Waals surface area contributed by atoms with Crippen LogP contribution in [0, 0.1) is 0 Å². The summed E-state index contributed by atoms with van der Waals surface area (Å²) in [6, 6.07) is 13.6. The molecular weight excluding hydrogens is 390 g/mol. The van der Waals surface area contributed by atoms with Crippen LogP contribution in [0.15, 0.2) is 46.8 Å². The van der Waals surface area contributed by atoms with Gasteiger partial charge in [-0.25, -0.2) is 0 Å². The number of nitrogens with one attached hydrogen (secondary N) is 2. The van der Waals surface area contributed by atoms with E-state index in [1.165, 1.54) is 30.4 Å². The molecule has 0 amide bonds. The highest BCUT2D eigenvalue weighted by Crippen LogP contribution is 2.23. The number of benzene rings is 1. The van der Waals surface area contributed by atoms with Gasteiger partial charge in [0.15, 0.2) is 5.96 Å². The summed E-state index contributed by atoms with van der Waals surface area (Å²) in [6.07, 6.45) is 3.53. The number of guanidine groups is 1. The van der Waals surface area contributed by atoms with Crippen LogP contribution < -0.4 is 10.6 Å². The fourth-order valence-electron chi connectivity index (χ4n) is 4.39. The normalized spacial score (nSPS) is 18.9. The number of fused-ring (bicyclic) bond motifs is 1. The summed E-state index contributed by atoms with van der Waals surface area (Å²) in [4.78, 5) is 11.5. The van der Waals surface area contributed by atoms with Crippen LogP contribution in [0.1, 0.15) is 35.8 Å². The molecule has 30 heavy (non-hydrogen) atoms. The van der Waals surface area contributed by atoms with E-state index in [2.05, 4.69) is 69.1 Å². The lowest BCUT2D eigenvalue weighted by Crippen LogP contribution is -2.48. The van der Waals surface area contributed by atoms with Gasteiger partial charge in [-0.3, -0.25) is 14.8 Å². The maximum Gasteiger partial charge on any atom is 0.191 e. The number of hydrogen-bond donors (Lipinski definition) is 2. The number of hydrogen-bond acceptors (Lipinski definition) is 4. The largest absolute Gasteiger partial charge is 0.357 e. The van der Waals surface area contributed by atoms with Gasteiger partial charge in [-0.15, -0.1) is 11.3 Å². The highest BCUT2D eigenvalue weighted by molar-refractivity contribution is 7.10. The Morgan fingerprint density at radius 2 is 1.93 bits per heavy atom. The lowest BCUT2D eigenvalue weighted by molar-refractivity contribution is 0.198. The van der Waals surface area contributed by atoms with Crippen molar-refractivity contribution in [3.05, 3.63) is 57.8 Å². The van der Waals surface area contributed by atoms with Gasteiger partial charge < -0.3 is 10.6 Å². The predicted molar refractivity (Wildman–Crippen MR) is 127 cm³/mol. The lowest BCUT2D eigenvalue weighted by Gasteiger charge is -2.33. The van der Waals surface area contributed by atoms with Crippen LogP contribution in [-0.2, 0) is 19.5 Å². The van der Waals surface area contributed by atoms with Crippen LogP contribution in [0.3, 0.4) is 0 Å². The van der Waals surface area contributed by atoms with Gasteiger partial charge >= 0.3 is 0 Å². The molecule has 2 aromatic rings. The average molecular weight is 426 g/mol. The molecule has 1 aromatic heterocycles. The summed E-state index contributed by atoms with van der Waals surface area (Å²) in [5, 5.41) is 9.35. The number of thiophene rings is 1. The third-order valence-corrected chi connectivity index (χ3v) is 7.12. The number of rotatable bonds is 7. The van der Waals surface area contributed by atoms with Crippen LogP contribution in [0.5, 0.6) is 0 Å². The molecule has 5 nitrogen and oxygen atoms in total. The quantitative estimate of drug-likeness (QED) is 0.528. The fourth-order valence-corrected chi connectivity index (χ4v) is 5.28. The Morgan fingerprint density at radius 3 is 2.73 bits per heavy atom. The van der Waals surface area contributed by atoms with Gasteiger partial charge in [-0.1, -0.05) is 30.3 Å². The first-order valence-electron chi connectivity index (χ1n) is 11.4. The summed E-state index contributed by atoms with van der Waals surface area (Å²) in [5.41, 5.74) is 2.92. The first-order chi connectivity index (χ1) is 14.8. The minimum Gasteiger partial charge on any atom is -0.357 e. The van der Waals surface area contributed by atoms with Crippen molar-refractivity contribution in [2.24, 2.45) is 4.99 Å². The molecule has 0 spiro atoms. The summed E-state index contributed by atoms with van der Waals surface area (Å²) in [6.45, 7) is 10.5. The van der Waals surface area contributed by atoms with Crippen LogP contribution >= 0.6 is 11.3 Å². The second-order valence-corrected chi connectivity index (χ2v) is 9.34. The summed E-state index contributed by atoms with van der Waals surface area (Å²) >= 11 is 1.90. The Labute approximate surface area is 185 Å². The molecule has 0 atom stereocenters. The van der Waals surface area contributed by atoms with Gasteiger partial charge in [0.25, 0.3) is 0 Å². The minimum atomic E-state index is 0.512. The standard InChI is InChI=1S/C24H35N5S/c1-2-25-24(26-12-16-29-15-10-23-21(19-29)11-17-30-23)27-22-8-13-28(14-9-22)18-20-6-4-3-5-7-20/h3-7,11,17,22H,2,8-10,12-16,18-19H2,1H3,(H2,25,26,27). The van der Waals surface area contributed by atoms with Crippen molar-refractivity contribution in [3.63, 3.8) is 0 Å². The zero-order chi connectivity index (χ0) is 20.6. The van der Waals surface area contributed by atoms with E-state index in [1.54, 1.807) is 4.88 Å². The molecule has 0 aliphatic carbocycles. The summed E-state index contributed by atoms with van der Waals surface area (Å²) in [7, 11) is 0. The van der Waals surface area contributed by atoms with Crippen molar-refractivity contribution in [3.8, 4) is 0 Å². The molecule has 6 heteroatoms. The van der Waals surface area contributed by atoms with Gasteiger partial charge in [-0.2, -0.15) is 0 Å². The first kappa shape index (κ1) is 21.3. The third kappa shape index (κ3) is 6.06. The molecular formula is C24H35N5S. The number of aliphatic imine (C=N–C) groups is 1. The van der Waals surface area contributed by atoms with Crippen molar-refractivity contribution < 1.29 is 0 Å². The number of nitrogens with zero attached hydrogens (tertiary/aromatic N) is 3. The molecule has 1 aromatic carbocycles. The Kier molecular flexibility index (Phi) is 7.78. The van der Waals surface area contributed by atoms with Crippen molar-refractivity contribution >= 4 is 17.3 Å². The van der Waals surface area contributed by atoms with Gasteiger partial charge in [0.05, 0.1) is 6.54 Å². The van der Waals surface area contributed by atoms with E-state index in [0.717, 1.165) is 58.3 Å². The van der Waals surface area contributed by atoms with Crippen LogP contribution in [-0.4, -0.2) is 61.1 Å². The monoisotopic (exact) mass is 425 g/mol. The smallest absolute Gasteiger partial charge is 0.191 e. The number of likely N-dealkylation sites (tertiary alicyclic amines) is 1. The van der Waals surface area contributed by atoms with E-state index in [4.69, 9.17) is 4.99 Å². The maximum absolute atomic E-state index is 4.87. The first-order valence-corrected chi connectivity index (χ1v) is 12.3. The van der Waals surface area contributed by atoms with Crippen molar-refractivity contribution in [2.45, 2.75) is 45.3 Å². The van der Waals surface area contributed by atoms with E-state index in [9.17, 15) is 0 Å². The van der Waals surface area contributed by atoms with Gasteiger partial charge in [0, 0.05) is 56.7 Å². The van der Waals surface area contributed by atoms with Crippen LogP contribution in [0.25, 0.3) is 0 Å². The highest BCUT2D eigenvalue weighted by Gasteiger charge is 2.20. The van der Waals surface area contributed by atoms with E-state index < -0.39 is 0 Å². The average Bonchev–Trinajstić information content (AvgIpc) is 3.24. The van der Waals surface area contributed by atoms with Crippen molar-refractivity contribution in [1.29, 1.82) is 0 Å². The molecule has 4 rings (SSSR count). The third-order valence-electron chi connectivity index (χ3n) is 6.09. The Balaban J connectivity index is 1.21. The molecule has 0 radical (unpaired) electrons. The molecule has 0 unspecified atom stereocenters. The molecule has 0 saturated carbocycles. The molecule has 2 aliphatic rings. The topological polar surface area (TPSA) is 42.9 Å². The van der Waals surface area contributed by atoms with E-state index in [1.807, 2.05) is 11.3 Å². The zero-order valence-electron chi connectivity index (χ0n) is 18.1. The second kappa shape index (κ2) is 10.9. The SMILES string of the molecule is CCNC(=NCCN1CCc2sccc2C1)NC1CCN(Cc2ccccc2)CC1. The number of piperidine rings is 1. The Bertz CT molecular complexity index is 795. The molecule has 3 heterocycles. The predicted octanol–water partition coefficient (Wildman–Crippen LogP) is 3.33. The molecule has 1 saturated heterocycles. The van der Waals surface area contributed by atoms with E-state index in [-0.39, 0.29) is 0 Å². The molecule has 2 N–H and O–H groups in total. The second-order valence-electron chi connectivity index (χ2n) is 8.34. The van der Waals surface area contributed by atoms with Gasteiger partial charge in [0.1, 0.15) is 0 Å². The zero-order valence-corrected chi connectivity index (χ0v) is 19.0. The lowest BCUT2D eigenvalue weighted by atomic mass is 10.0. The van der Waals surface area contributed by atoms with Crippen molar-refractivity contribution in [1.82, 2.24) is 20.4 Å². The maximum atomic E-state index is 4.87. The van der Waals surface area contributed by atoms with Gasteiger partial charge in [-0.05, 0) is 48.8 Å².